The predicted octanol–water partition coefficient (Wildman–Crippen LogP) is 2.02. The normalized spacial score (nSPS) is 21.6. The maximum Gasteiger partial charge on any atom is 0.237 e. The van der Waals surface area contributed by atoms with Crippen LogP contribution < -0.4 is 10.6 Å². The van der Waals surface area contributed by atoms with Crippen LogP contribution in [0.25, 0.3) is 0 Å². The number of aromatic nitrogens is 1. The van der Waals surface area contributed by atoms with E-state index in [1.54, 1.807) is 11.3 Å². The van der Waals surface area contributed by atoms with Gasteiger partial charge in [-0.25, -0.2) is 4.98 Å². The third-order valence-corrected chi connectivity index (χ3v) is 4.60. The van der Waals surface area contributed by atoms with Crippen LogP contribution in [0.15, 0.2) is 6.20 Å². The maximum atomic E-state index is 12.1. The summed E-state index contributed by atoms with van der Waals surface area (Å²) in [6.45, 7) is 5.06. The van der Waals surface area contributed by atoms with Crippen LogP contribution in [0.1, 0.15) is 49.0 Å². The molecule has 1 amide bonds. The van der Waals surface area contributed by atoms with Gasteiger partial charge < -0.3 is 10.6 Å². The summed E-state index contributed by atoms with van der Waals surface area (Å²) in [5.74, 6) is 0.107. The van der Waals surface area contributed by atoms with Crippen LogP contribution in [0.4, 0.5) is 0 Å². The van der Waals surface area contributed by atoms with Gasteiger partial charge in [-0.15, -0.1) is 11.3 Å². The van der Waals surface area contributed by atoms with Crippen molar-refractivity contribution >= 4 is 17.2 Å². The average molecular weight is 267 g/mol. The number of carbonyl (C=O) groups is 1. The van der Waals surface area contributed by atoms with Gasteiger partial charge in [0, 0.05) is 11.1 Å². The van der Waals surface area contributed by atoms with E-state index < -0.39 is 0 Å². The number of thiazole rings is 1. The third-order valence-electron chi connectivity index (χ3n) is 3.28. The van der Waals surface area contributed by atoms with Crippen molar-refractivity contribution in [3.8, 4) is 0 Å². The molecule has 2 atom stereocenters. The molecule has 1 fully saturated rings. The van der Waals surface area contributed by atoms with E-state index in [-0.39, 0.29) is 18.0 Å². The maximum absolute atomic E-state index is 12.1. The first-order chi connectivity index (χ1) is 8.70. The summed E-state index contributed by atoms with van der Waals surface area (Å²) in [6, 6.07) is -0.0154. The van der Waals surface area contributed by atoms with Gasteiger partial charge in [0.1, 0.15) is 5.01 Å². The number of rotatable bonds is 4. The Balaban J connectivity index is 1.89. The molecule has 1 aliphatic rings. The number of hydrogen-bond donors (Lipinski definition) is 2. The van der Waals surface area contributed by atoms with E-state index in [9.17, 15) is 4.79 Å². The molecule has 1 saturated heterocycles. The molecule has 1 aromatic rings. The van der Waals surface area contributed by atoms with E-state index in [1.165, 1.54) is 11.3 Å². The van der Waals surface area contributed by atoms with Gasteiger partial charge in [0.15, 0.2) is 0 Å². The SMILES string of the molecule is CCc1cnc(C(C)NC(=O)[C@H]2CCCCN2)s1. The van der Waals surface area contributed by atoms with Gasteiger partial charge in [-0.1, -0.05) is 13.3 Å². The molecule has 2 rings (SSSR count). The fourth-order valence-corrected chi connectivity index (χ4v) is 3.00. The van der Waals surface area contributed by atoms with E-state index in [2.05, 4.69) is 22.5 Å². The monoisotopic (exact) mass is 267 g/mol. The molecule has 0 spiro atoms. The van der Waals surface area contributed by atoms with Gasteiger partial charge >= 0.3 is 0 Å². The van der Waals surface area contributed by atoms with Crippen molar-refractivity contribution in [2.45, 2.75) is 51.6 Å². The van der Waals surface area contributed by atoms with Gasteiger partial charge in [-0.05, 0) is 32.7 Å². The van der Waals surface area contributed by atoms with Crippen molar-refractivity contribution in [2.24, 2.45) is 0 Å². The van der Waals surface area contributed by atoms with Crippen LogP contribution in [0, 0.1) is 0 Å². The van der Waals surface area contributed by atoms with Gasteiger partial charge in [0.05, 0.1) is 12.1 Å². The number of piperidine rings is 1. The molecular weight excluding hydrogens is 246 g/mol. The minimum atomic E-state index is -0.0215. The zero-order valence-corrected chi connectivity index (χ0v) is 11.8. The quantitative estimate of drug-likeness (QED) is 0.877. The van der Waals surface area contributed by atoms with Crippen molar-refractivity contribution < 1.29 is 4.79 Å². The van der Waals surface area contributed by atoms with E-state index in [0.29, 0.717) is 0 Å². The van der Waals surface area contributed by atoms with Crippen molar-refractivity contribution in [3.63, 3.8) is 0 Å². The summed E-state index contributed by atoms with van der Waals surface area (Å²) < 4.78 is 0. The molecule has 1 aliphatic heterocycles. The molecule has 2 heterocycles. The number of aryl methyl sites for hydroxylation is 1. The van der Waals surface area contributed by atoms with Gasteiger partial charge in [-0.2, -0.15) is 0 Å². The summed E-state index contributed by atoms with van der Waals surface area (Å²) in [5, 5.41) is 7.31. The lowest BCUT2D eigenvalue weighted by Crippen LogP contribution is -2.47. The molecule has 1 aromatic heterocycles. The van der Waals surface area contributed by atoms with Crippen LogP contribution >= 0.6 is 11.3 Å². The second-order valence-electron chi connectivity index (χ2n) is 4.75. The third kappa shape index (κ3) is 3.29. The Morgan fingerprint density at radius 3 is 3.11 bits per heavy atom. The topological polar surface area (TPSA) is 54.0 Å². The Hall–Kier alpha value is -0.940. The predicted molar refractivity (Wildman–Crippen MR) is 73.7 cm³/mol. The van der Waals surface area contributed by atoms with Crippen molar-refractivity contribution in [3.05, 3.63) is 16.1 Å². The molecule has 0 aliphatic carbocycles. The second kappa shape index (κ2) is 6.29. The van der Waals surface area contributed by atoms with Crippen LogP contribution in [-0.2, 0) is 11.2 Å². The number of nitrogens with one attached hydrogen (secondary N) is 2. The molecule has 4 nitrogen and oxygen atoms in total. The zero-order valence-electron chi connectivity index (χ0n) is 11.0. The molecule has 18 heavy (non-hydrogen) atoms. The Labute approximate surface area is 112 Å². The highest BCUT2D eigenvalue weighted by atomic mass is 32.1. The van der Waals surface area contributed by atoms with E-state index in [1.807, 2.05) is 13.1 Å². The first-order valence-electron chi connectivity index (χ1n) is 6.69. The van der Waals surface area contributed by atoms with Gasteiger partial charge in [-0.3, -0.25) is 4.79 Å². The minimum absolute atomic E-state index is 0.00604. The number of carbonyl (C=O) groups excluding carboxylic acids is 1. The standard InChI is InChI=1S/C13H21N3OS/c1-3-10-8-15-13(18-10)9(2)16-12(17)11-6-4-5-7-14-11/h8-9,11,14H,3-7H2,1-2H3,(H,16,17)/t9?,11-/m1/s1. The van der Waals surface area contributed by atoms with E-state index in [0.717, 1.165) is 30.8 Å². The highest BCUT2D eigenvalue weighted by Crippen LogP contribution is 2.20. The molecule has 100 valence electrons. The Kier molecular flexibility index (Phi) is 4.72. The molecule has 1 unspecified atom stereocenters. The van der Waals surface area contributed by atoms with Crippen molar-refractivity contribution in [1.29, 1.82) is 0 Å². The first-order valence-corrected chi connectivity index (χ1v) is 7.50. The van der Waals surface area contributed by atoms with Crippen LogP contribution in [0.2, 0.25) is 0 Å². The summed E-state index contributed by atoms with van der Waals surface area (Å²) in [5.41, 5.74) is 0. The Bertz CT molecular complexity index is 399. The fraction of sp³-hybridized carbons (Fsp3) is 0.692. The van der Waals surface area contributed by atoms with Gasteiger partial charge in [0.25, 0.3) is 0 Å². The Morgan fingerprint density at radius 2 is 2.50 bits per heavy atom. The highest BCUT2D eigenvalue weighted by Gasteiger charge is 2.22. The van der Waals surface area contributed by atoms with Crippen LogP contribution in [-0.4, -0.2) is 23.5 Å². The van der Waals surface area contributed by atoms with Crippen molar-refractivity contribution in [2.75, 3.05) is 6.54 Å². The molecule has 5 heteroatoms. The van der Waals surface area contributed by atoms with E-state index in [4.69, 9.17) is 0 Å². The lowest BCUT2D eigenvalue weighted by Gasteiger charge is -2.24. The zero-order chi connectivity index (χ0) is 13.0. The summed E-state index contributed by atoms with van der Waals surface area (Å²) in [4.78, 5) is 17.7. The molecular formula is C13H21N3OS. The summed E-state index contributed by atoms with van der Waals surface area (Å²) in [6.07, 6.45) is 6.16. The molecule has 0 radical (unpaired) electrons. The lowest BCUT2D eigenvalue weighted by molar-refractivity contribution is -0.124. The summed E-state index contributed by atoms with van der Waals surface area (Å²) >= 11 is 1.68. The molecule has 0 saturated carbocycles. The smallest absolute Gasteiger partial charge is 0.237 e. The number of nitrogens with zero attached hydrogens (tertiary/aromatic N) is 1. The highest BCUT2D eigenvalue weighted by molar-refractivity contribution is 7.11. The fourth-order valence-electron chi connectivity index (χ4n) is 2.14. The van der Waals surface area contributed by atoms with Crippen molar-refractivity contribution in [1.82, 2.24) is 15.6 Å². The Morgan fingerprint density at radius 1 is 1.67 bits per heavy atom. The summed E-state index contributed by atoms with van der Waals surface area (Å²) in [7, 11) is 0. The number of amides is 1. The van der Waals surface area contributed by atoms with Crippen LogP contribution in [0.5, 0.6) is 0 Å². The average Bonchev–Trinajstić information content (AvgIpc) is 2.88. The lowest BCUT2D eigenvalue weighted by atomic mass is 10.0. The first kappa shape index (κ1) is 13.5. The largest absolute Gasteiger partial charge is 0.346 e. The number of hydrogen-bond acceptors (Lipinski definition) is 4. The van der Waals surface area contributed by atoms with Crippen LogP contribution in [0.3, 0.4) is 0 Å². The van der Waals surface area contributed by atoms with Gasteiger partial charge in [0.2, 0.25) is 5.91 Å². The molecule has 2 N–H and O–H groups in total. The molecule has 0 bridgehead atoms. The minimum Gasteiger partial charge on any atom is -0.346 e. The second-order valence-corrected chi connectivity index (χ2v) is 5.90. The molecule has 0 aromatic carbocycles. The van der Waals surface area contributed by atoms with E-state index >= 15 is 0 Å².